The minimum absolute atomic E-state index is 0.0169. The number of ether oxygens (including phenoxy) is 1. The van der Waals surface area contributed by atoms with Gasteiger partial charge in [0, 0.05) is 25.4 Å². The minimum atomic E-state index is -0.256. The molecule has 0 spiro atoms. The Hall–Kier alpha value is -2.11. The van der Waals surface area contributed by atoms with Gasteiger partial charge in [-0.1, -0.05) is 0 Å². The maximum absolute atomic E-state index is 12.0. The summed E-state index contributed by atoms with van der Waals surface area (Å²) in [4.78, 5) is 28.9. The summed E-state index contributed by atoms with van der Waals surface area (Å²) in [6, 6.07) is 3.28. The molecule has 0 aliphatic carbocycles. The van der Waals surface area contributed by atoms with E-state index in [1.807, 2.05) is 13.8 Å². The van der Waals surface area contributed by atoms with Crippen molar-refractivity contribution in [3.8, 4) is 5.88 Å². The number of aromatic nitrogens is 1. The number of carbonyl (C=O) groups is 2. The van der Waals surface area contributed by atoms with E-state index in [9.17, 15) is 9.59 Å². The van der Waals surface area contributed by atoms with Crippen molar-refractivity contribution >= 4 is 11.8 Å². The van der Waals surface area contributed by atoms with Crippen LogP contribution in [-0.4, -0.2) is 48.4 Å². The van der Waals surface area contributed by atoms with Crippen LogP contribution in [0.25, 0.3) is 0 Å². The summed E-state index contributed by atoms with van der Waals surface area (Å²) in [7, 11) is 3.08. The van der Waals surface area contributed by atoms with Crippen LogP contribution in [0.3, 0.4) is 0 Å². The molecule has 0 bridgehead atoms. The van der Waals surface area contributed by atoms with E-state index >= 15 is 0 Å². The van der Waals surface area contributed by atoms with E-state index in [1.165, 1.54) is 18.2 Å². The topological polar surface area (TPSA) is 71.5 Å². The molecule has 0 radical (unpaired) electrons. The van der Waals surface area contributed by atoms with Gasteiger partial charge in [0.1, 0.15) is 0 Å². The van der Waals surface area contributed by atoms with Crippen molar-refractivity contribution in [2.75, 3.05) is 20.7 Å². The number of carbonyl (C=O) groups excluding carboxylic acids is 2. The van der Waals surface area contributed by atoms with Gasteiger partial charge in [0.2, 0.25) is 11.8 Å². The molecule has 6 nitrogen and oxygen atoms in total. The molecule has 1 aromatic heterocycles. The van der Waals surface area contributed by atoms with Crippen molar-refractivity contribution in [1.82, 2.24) is 15.2 Å². The molecule has 0 atom stereocenters. The van der Waals surface area contributed by atoms with E-state index in [-0.39, 0.29) is 24.4 Å². The Morgan fingerprint density at radius 2 is 2.11 bits per heavy atom. The monoisotopic (exact) mass is 265 g/mol. The average Bonchev–Trinajstić information content (AvgIpc) is 2.36. The van der Waals surface area contributed by atoms with Crippen LogP contribution >= 0.6 is 0 Å². The molecule has 0 saturated carbocycles. The zero-order chi connectivity index (χ0) is 14.4. The van der Waals surface area contributed by atoms with Gasteiger partial charge in [0.15, 0.2) is 0 Å². The molecule has 1 aromatic rings. The van der Waals surface area contributed by atoms with E-state index in [2.05, 4.69) is 10.3 Å². The number of rotatable bonds is 5. The van der Waals surface area contributed by atoms with Crippen LogP contribution in [0.2, 0.25) is 0 Å². The smallest absolute Gasteiger partial charge is 0.255 e. The first-order valence-electron chi connectivity index (χ1n) is 5.99. The van der Waals surface area contributed by atoms with E-state index in [1.54, 1.807) is 19.2 Å². The van der Waals surface area contributed by atoms with Gasteiger partial charge in [-0.15, -0.1) is 0 Å². The van der Waals surface area contributed by atoms with Crippen LogP contribution in [0.5, 0.6) is 5.88 Å². The van der Waals surface area contributed by atoms with Gasteiger partial charge in [0.25, 0.3) is 5.91 Å². The highest BCUT2D eigenvalue weighted by Gasteiger charge is 2.15. The number of methoxy groups -OCH3 is 1. The highest BCUT2D eigenvalue weighted by atomic mass is 16.5. The summed E-state index contributed by atoms with van der Waals surface area (Å²) in [5.41, 5.74) is 0.417. The molecule has 6 heteroatoms. The Morgan fingerprint density at radius 3 is 2.58 bits per heavy atom. The number of likely N-dealkylation sites (N-methyl/N-ethyl adjacent to an activating group) is 1. The molecule has 1 heterocycles. The zero-order valence-corrected chi connectivity index (χ0v) is 11.6. The summed E-state index contributed by atoms with van der Waals surface area (Å²) in [5.74, 6) is -0.00173. The summed E-state index contributed by atoms with van der Waals surface area (Å²) < 4.78 is 4.92. The second-order valence-electron chi connectivity index (χ2n) is 4.47. The summed E-state index contributed by atoms with van der Waals surface area (Å²) >= 11 is 0. The van der Waals surface area contributed by atoms with E-state index in [4.69, 9.17) is 4.74 Å². The second-order valence-corrected chi connectivity index (χ2v) is 4.47. The van der Waals surface area contributed by atoms with Gasteiger partial charge < -0.3 is 15.0 Å². The number of amides is 2. The van der Waals surface area contributed by atoms with Gasteiger partial charge in [-0.05, 0) is 19.9 Å². The molecule has 2 amide bonds. The highest BCUT2D eigenvalue weighted by Crippen LogP contribution is 2.08. The molecule has 1 rings (SSSR count). The van der Waals surface area contributed by atoms with Gasteiger partial charge >= 0.3 is 0 Å². The number of pyridine rings is 1. The third-order valence-corrected chi connectivity index (χ3v) is 2.37. The molecule has 0 aliphatic rings. The van der Waals surface area contributed by atoms with Gasteiger partial charge in [-0.3, -0.25) is 9.59 Å². The highest BCUT2D eigenvalue weighted by molar-refractivity contribution is 5.96. The second kappa shape index (κ2) is 6.72. The normalized spacial score (nSPS) is 10.2. The fourth-order valence-corrected chi connectivity index (χ4v) is 1.50. The third kappa shape index (κ3) is 4.57. The number of nitrogens with one attached hydrogen (secondary N) is 1. The van der Waals surface area contributed by atoms with E-state index in [0.29, 0.717) is 11.4 Å². The van der Waals surface area contributed by atoms with Crippen molar-refractivity contribution in [3.63, 3.8) is 0 Å². The molecule has 104 valence electrons. The summed E-state index contributed by atoms with van der Waals surface area (Å²) in [5, 5.41) is 2.73. The molecule has 0 aliphatic heterocycles. The van der Waals surface area contributed by atoms with Crippen LogP contribution in [0.15, 0.2) is 18.3 Å². The first-order valence-corrected chi connectivity index (χ1v) is 5.99. The molecular formula is C13H19N3O3. The number of nitrogens with zero attached hydrogens (tertiary/aromatic N) is 2. The Morgan fingerprint density at radius 1 is 1.42 bits per heavy atom. The lowest BCUT2D eigenvalue weighted by molar-refractivity contribution is -0.122. The SMILES string of the molecule is COc1ccc(C(=O)N(C)CC(=O)NC(C)C)cn1. The molecule has 0 unspecified atom stereocenters. The molecule has 1 N–H and O–H groups in total. The summed E-state index contributed by atoms with van der Waals surface area (Å²) in [6.45, 7) is 3.75. The van der Waals surface area contributed by atoms with Crippen molar-refractivity contribution in [2.45, 2.75) is 19.9 Å². The summed E-state index contributed by atoms with van der Waals surface area (Å²) in [6.07, 6.45) is 1.43. The Bertz CT molecular complexity index is 443. The number of hydrogen-bond acceptors (Lipinski definition) is 4. The fourth-order valence-electron chi connectivity index (χ4n) is 1.50. The molecule has 0 saturated heterocycles. The predicted octanol–water partition coefficient (Wildman–Crippen LogP) is 0.687. The van der Waals surface area contributed by atoms with Crippen molar-refractivity contribution in [3.05, 3.63) is 23.9 Å². The molecule has 19 heavy (non-hydrogen) atoms. The Balaban J connectivity index is 2.63. The molecular weight excluding hydrogens is 246 g/mol. The van der Waals surface area contributed by atoms with Gasteiger partial charge in [-0.25, -0.2) is 4.98 Å². The van der Waals surface area contributed by atoms with Crippen LogP contribution in [-0.2, 0) is 4.79 Å². The van der Waals surface area contributed by atoms with Crippen LogP contribution in [0.4, 0.5) is 0 Å². The first-order chi connectivity index (χ1) is 8.93. The van der Waals surface area contributed by atoms with Crippen LogP contribution in [0.1, 0.15) is 24.2 Å². The van der Waals surface area contributed by atoms with Crippen molar-refractivity contribution < 1.29 is 14.3 Å². The predicted molar refractivity (Wildman–Crippen MR) is 71.0 cm³/mol. The van der Waals surface area contributed by atoms with E-state index < -0.39 is 0 Å². The molecule has 0 aromatic carbocycles. The Kier molecular flexibility index (Phi) is 5.29. The van der Waals surface area contributed by atoms with Crippen molar-refractivity contribution in [1.29, 1.82) is 0 Å². The maximum atomic E-state index is 12.0. The lowest BCUT2D eigenvalue weighted by Gasteiger charge is -2.17. The van der Waals surface area contributed by atoms with E-state index in [0.717, 1.165) is 0 Å². The lowest BCUT2D eigenvalue weighted by Crippen LogP contribution is -2.40. The third-order valence-electron chi connectivity index (χ3n) is 2.37. The van der Waals surface area contributed by atoms with Crippen LogP contribution in [0, 0.1) is 0 Å². The largest absolute Gasteiger partial charge is 0.481 e. The minimum Gasteiger partial charge on any atom is -0.481 e. The first kappa shape index (κ1) is 14.9. The quantitative estimate of drug-likeness (QED) is 0.850. The standard InChI is InChI=1S/C13H19N3O3/c1-9(2)15-11(17)8-16(3)13(18)10-5-6-12(19-4)14-7-10/h5-7,9H,8H2,1-4H3,(H,15,17). The Labute approximate surface area is 112 Å². The average molecular weight is 265 g/mol. The van der Waals surface area contributed by atoms with Gasteiger partial charge in [-0.2, -0.15) is 0 Å². The molecule has 0 fully saturated rings. The number of hydrogen-bond donors (Lipinski definition) is 1. The maximum Gasteiger partial charge on any atom is 0.255 e. The lowest BCUT2D eigenvalue weighted by atomic mass is 10.2. The fraction of sp³-hybridized carbons (Fsp3) is 0.462. The van der Waals surface area contributed by atoms with Gasteiger partial charge in [0.05, 0.1) is 19.2 Å². The zero-order valence-electron chi connectivity index (χ0n) is 11.6. The van der Waals surface area contributed by atoms with Crippen LogP contribution < -0.4 is 10.1 Å². The van der Waals surface area contributed by atoms with Crippen molar-refractivity contribution in [2.24, 2.45) is 0 Å².